The molecular weight excluding hydrogens is 280 g/mol. The van der Waals surface area contributed by atoms with E-state index in [-0.39, 0.29) is 11.7 Å². The predicted octanol–water partition coefficient (Wildman–Crippen LogP) is 1.62. The molecule has 2 amide bonds. The molecule has 0 bridgehead atoms. The van der Waals surface area contributed by atoms with Gasteiger partial charge in [0.25, 0.3) is 0 Å². The number of fused-ring (bicyclic) bond motifs is 1. The van der Waals surface area contributed by atoms with Crippen LogP contribution in [0.3, 0.4) is 0 Å². The minimum absolute atomic E-state index is 0.0425. The second kappa shape index (κ2) is 5.87. The first-order valence-corrected chi connectivity index (χ1v) is 7.75. The summed E-state index contributed by atoms with van der Waals surface area (Å²) in [5, 5.41) is 5.89. The topological polar surface area (TPSA) is 68.1 Å². The van der Waals surface area contributed by atoms with E-state index in [0.717, 1.165) is 29.4 Å². The van der Waals surface area contributed by atoms with Crippen LogP contribution in [0, 0.1) is 0 Å². The Kier molecular flexibility index (Phi) is 3.92. The van der Waals surface area contributed by atoms with Crippen molar-refractivity contribution in [2.45, 2.75) is 38.3 Å². The summed E-state index contributed by atoms with van der Waals surface area (Å²) in [5.41, 5.74) is 2.71. The van der Waals surface area contributed by atoms with Crippen LogP contribution in [0.4, 0.5) is 4.79 Å². The van der Waals surface area contributed by atoms with E-state index in [1.165, 1.54) is 12.8 Å². The molecule has 118 valence electrons. The number of aromatic nitrogens is 2. The molecule has 1 heterocycles. The van der Waals surface area contributed by atoms with E-state index in [4.69, 9.17) is 0 Å². The number of nitrogens with one attached hydrogen (secondary N) is 2. The van der Waals surface area contributed by atoms with E-state index in [1.54, 1.807) is 23.2 Å². The van der Waals surface area contributed by atoms with Crippen molar-refractivity contribution in [3.8, 4) is 0 Å². The lowest BCUT2D eigenvalue weighted by molar-refractivity contribution is 0.236. The number of benzene rings is 1. The summed E-state index contributed by atoms with van der Waals surface area (Å²) in [6, 6.07) is 6.01. The zero-order valence-corrected chi connectivity index (χ0v) is 13.1. The fourth-order valence-electron chi connectivity index (χ4n) is 3.15. The van der Waals surface area contributed by atoms with Crippen LogP contribution in [0.2, 0.25) is 0 Å². The summed E-state index contributed by atoms with van der Waals surface area (Å²) in [4.78, 5) is 23.8. The number of aryl methyl sites for hydroxylation is 2. The Morgan fingerprint density at radius 2 is 1.86 bits per heavy atom. The second-order valence-electron chi connectivity index (χ2n) is 6.03. The summed E-state index contributed by atoms with van der Waals surface area (Å²) in [6.07, 6.45) is 4.55. The number of hydrogen-bond donors (Lipinski definition) is 2. The van der Waals surface area contributed by atoms with E-state index in [0.29, 0.717) is 12.6 Å². The standard InChI is InChI=1S/C16H22N4O2/c1-19-13-8-7-11(9-14(13)20(2)16(19)22)10-17-15(21)18-12-5-3-4-6-12/h7-9,12H,3-6,10H2,1-2H3,(H2,17,18,21). The molecule has 22 heavy (non-hydrogen) atoms. The average molecular weight is 302 g/mol. The minimum atomic E-state index is -0.117. The van der Waals surface area contributed by atoms with Crippen LogP contribution < -0.4 is 16.3 Å². The molecule has 1 aliphatic rings. The zero-order valence-electron chi connectivity index (χ0n) is 13.1. The number of amides is 2. The van der Waals surface area contributed by atoms with E-state index >= 15 is 0 Å². The molecule has 1 aromatic heterocycles. The maximum absolute atomic E-state index is 11.9. The van der Waals surface area contributed by atoms with Crippen LogP contribution in [0.15, 0.2) is 23.0 Å². The van der Waals surface area contributed by atoms with E-state index in [2.05, 4.69) is 10.6 Å². The lowest BCUT2D eigenvalue weighted by Crippen LogP contribution is -2.40. The molecule has 1 aromatic carbocycles. The third-order valence-electron chi connectivity index (χ3n) is 4.48. The highest BCUT2D eigenvalue weighted by atomic mass is 16.2. The van der Waals surface area contributed by atoms with Crippen molar-refractivity contribution in [1.82, 2.24) is 19.8 Å². The van der Waals surface area contributed by atoms with Crippen molar-refractivity contribution in [3.63, 3.8) is 0 Å². The van der Waals surface area contributed by atoms with Gasteiger partial charge in [-0.3, -0.25) is 9.13 Å². The molecule has 2 N–H and O–H groups in total. The van der Waals surface area contributed by atoms with Crippen molar-refractivity contribution in [2.24, 2.45) is 14.1 Å². The summed E-state index contributed by atoms with van der Waals surface area (Å²) >= 11 is 0. The Balaban J connectivity index is 1.67. The normalized spacial score (nSPS) is 15.4. The first-order chi connectivity index (χ1) is 10.6. The smallest absolute Gasteiger partial charge is 0.328 e. The highest BCUT2D eigenvalue weighted by molar-refractivity contribution is 5.77. The van der Waals surface area contributed by atoms with E-state index < -0.39 is 0 Å². The molecule has 0 spiro atoms. The molecule has 0 saturated heterocycles. The molecular formula is C16H22N4O2. The highest BCUT2D eigenvalue weighted by Gasteiger charge is 2.16. The molecule has 2 aromatic rings. The van der Waals surface area contributed by atoms with Gasteiger partial charge >= 0.3 is 11.7 Å². The molecule has 1 saturated carbocycles. The maximum atomic E-state index is 11.9. The van der Waals surface area contributed by atoms with Gasteiger partial charge in [0.1, 0.15) is 0 Å². The lowest BCUT2D eigenvalue weighted by atomic mass is 10.2. The molecule has 0 atom stereocenters. The predicted molar refractivity (Wildman–Crippen MR) is 85.8 cm³/mol. The number of nitrogens with zero attached hydrogens (tertiary/aromatic N) is 2. The van der Waals surface area contributed by atoms with Gasteiger partial charge in [-0.05, 0) is 30.5 Å². The van der Waals surface area contributed by atoms with Gasteiger partial charge in [-0.2, -0.15) is 0 Å². The van der Waals surface area contributed by atoms with Crippen LogP contribution in [0.5, 0.6) is 0 Å². The fraction of sp³-hybridized carbons (Fsp3) is 0.500. The SMILES string of the molecule is Cn1c(=O)n(C)c2cc(CNC(=O)NC3CCCC3)ccc21. The molecule has 3 rings (SSSR count). The van der Waals surface area contributed by atoms with E-state index in [1.807, 2.05) is 18.2 Å². The Labute approximate surface area is 129 Å². The van der Waals surface area contributed by atoms with Crippen molar-refractivity contribution < 1.29 is 4.79 Å². The second-order valence-corrected chi connectivity index (χ2v) is 6.03. The number of urea groups is 1. The average Bonchev–Trinajstić information content (AvgIpc) is 3.09. The van der Waals surface area contributed by atoms with Gasteiger partial charge in [-0.25, -0.2) is 9.59 Å². The van der Waals surface area contributed by atoms with E-state index in [9.17, 15) is 9.59 Å². The molecule has 0 aliphatic heterocycles. The number of imidazole rings is 1. The quantitative estimate of drug-likeness (QED) is 0.904. The Morgan fingerprint density at radius 3 is 2.59 bits per heavy atom. The van der Waals surface area contributed by atoms with Crippen molar-refractivity contribution in [3.05, 3.63) is 34.2 Å². The molecule has 0 radical (unpaired) electrons. The van der Waals surface area contributed by atoms with Gasteiger partial charge in [0.2, 0.25) is 0 Å². The van der Waals surface area contributed by atoms with Crippen LogP contribution in [0.25, 0.3) is 11.0 Å². The molecule has 1 aliphatic carbocycles. The molecule has 1 fully saturated rings. The van der Waals surface area contributed by atoms with Crippen LogP contribution in [-0.4, -0.2) is 21.2 Å². The third-order valence-corrected chi connectivity index (χ3v) is 4.48. The van der Waals surface area contributed by atoms with Gasteiger partial charge in [0.05, 0.1) is 11.0 Å². The van der Waals surface area contributed by atoms with Crippen molar-refractivity contribution >= 4 is 17.1 Å². The van der Waals surface area contributed by atoms with Crippen molar-refractivity contribution in [1.29, 1.82) is 0 Å². The summed E-state index contributed by atoms with van der Waals surface area (Å²) in [5.74, 6) is 0. The Hall–Kier alpha value is -2.24. The third kappa shape index (κ3) is 2.73. The minimum Gasteiger partial charge on any atom is -0.335 e. The van der Waals surface area contributed by atoms with Gasteiger partial charge < -0.3 is 10.6 Å². The molecule has 6 nitrogen and oxygen atoms in total. The number of rotatable bonds is 3. The van der Waals surface area contributed by atoms with Gasteiger partial charge in [0, 0.05) is 26.7 Å². The van der Waals surface area contributed by atoms with Crippen LogP contribution >= 0.6 is 0 Å². The van der Waals surface area contributed by atoms with Gasteiger partial charge in [-0.1, -0.05) is 18.9 Å². The first-order valence-electron chi connectivity index (χ1n) is 7.75. The zero-order chi connectivity index (χ0) is 15.7. The fourth-order valence-corrected chi connectivity index (χ4v) is 3.15. The van der Waals surface area contributed by atoms with Crippen molar-refractivity contribution in [2.75, 3.05) is 0 Å². The van der Waals surface area contributed by atoms with Crippen LogP contribution in [-0.2, 0) is 20.6 Å². The Morgan fingerprint density at radius 1 is 1.18 bits per heavy atom. The van der Waals surface area contributed by atoms with Gasteiger partial charge in [-0.15, -0.1) is 0 Å². The Bertz CT molecular complexity index is 753. The highest BCUT2D eigenvalue weighted by Crippen LogP contribution is 2.17. The largest absolute Gasteiger partial charge is 0.335 e. The lowest BCUT2D eigenvalue weighted by Gasteiger charge is -2.13. The monoisotopic (exact) mass is 302 g/mol. The van der Waals surface area contributed by atoms with Crippen LogP contribution in [0.1, 0.15) is 31.2 Å². The maximum Gasteiger partial charge on any atom is 0.328 e. The summed E-state index contributed by atoms with van der Waals surface area (Å²) < 4.78 is 3.25. The first kappa shape index (κ1) is 14.7. The number of carbonyl (C=O) groups is 1. The summed E-state index contributed by atoms with van der Waals surface area (Å²) in [7, 11) is 3.52. The molecule has 6 heteroatoms. The van der Waals surface area contributed by atoms with Gasteiger partial charge in [0.15, 0.2) is 0 Å². The molecule has 0 unspecified atom stereocenters. The number of hydrogen-bond acceptors (Lipinski definition) is 2. The number of carbonyl (C=O) groups excluding carboxylic acids is 1. The summed E-state index contributed by atoms with van der Waals surface area (Å²) in [6.45, 7) is 0.456.